The number of hydrogen-bond acceptors (Lipinski definition) is 8. The van der Waals surface area contributed by atoms with Gasteiger partial charge in [-0.2, -0.15) is 4.80 Å². The van der Waals surface area contributed by atoms with Gasteiger partial charge in [-0.05, 0) is 67.3 Å². The van der Waals surface area contributed by atoms with Crippen LogP contribution in [-0.2, 0) is 28.6 Å². The number of aryl methyl sites for hydroxylation is 1. The number of tetrazole rings is 1. The van der Waals surface area contributed by atoms with Crippen LogP contribution in [0.15, 0.2) is 48.7 Å². The van der Waals surface area contributed by atoms with Gasteiger partial charge in [0.2, 0.25) is 11.9 Å². The number of aromatic nitrogens is 6. The maximum absolute atomic E-state index is 14.3. The number of halogens is 5. The van der Waals surface area contributed by atoms with Gasteiger partial charge in [0.1, 0.15) is 22.5 Å². The quantitative estimate of drug-likeness (QED) is 0.281. The molecule has 1 N–H and O–H groups in total. The Balaban J connectivity index is 1.18. The lowest BCUT2D eigenvalue weighted by molar-refractivity contribution is -0.274. The zero-order valence-corrected chi connectivity index (χ0v) is 27.6. The smallest absolute Gasteiger partial charge is 0.406 e. The highest BCUT2D eigenvalue weighted by atomic mass is 35.5. The van der Waals surface area contributed by atoms with Crippen molar-refractivity contribution in [3.63, 3.8) is 0 Å². The molecule has 256 valence electrons. The summed E-state index contributed by atoms with van der Waals surface area (Å²) in [6.07, 6.45) is -2.07. The Labute approximate surface area is 286 Å². The highest BCUT2D eigenvalue weighted by Crippen LogP contribution is 2.45. The van der Waals surface area contributed by atoms with Gasteiger partial charge >= 0.3 is 6.36 Å². The predicted molar refractivity (Wildman–Crippen MR) is 168 cm³/mol. The number of carbonyl (C=O) groups excluding carboxylic acids is 3. The number of likely N-dealkylation sites (tertiary alicyclic amines) is 1. The van der Waals surface area contributed by atoms with Crippen molar-refractivity contribution in [1.29, 1.82) is 0 Å². The number of nitrogens with zero attached hydrogens (tertiary/aromatic N) is 8. The molecule has 1 saturated heterocycles. The van der Waals surface area contributed by atoms with E-state index in [9.17, 15) is 27.6 Å². The lowest BCUT2D eigenvalue weighted by atomic mass is 9.91. The highest BCUT2D eigenvalue weighted by molar-refractivity contribution is 6.35. The van der Waals surface area contributed by atoms with E-state index in [4.69, 9.17) is 23.2 Å². The Hall–Kier alpha value is -4.70. The molecule has 18 heteroatoms. The van der Waals surface area contributed by atoms with E-state index in [1.165, 1.54) is 50.8 Å². The van der Waals surface area contributed by atoms with Crippen LogP contribution in [0.4, 0.5) is 24.8 Å². The number of amides is 3. The fourth-order valence-corrected chi connectivity index (χ4v) is 7.07. The van der Waals surface area contributed by atoms with Crippen molar-refractivity contribution in [2.75, 3.05) is 18.0 Å². The normalized spacial score (nSPS) is 21.2. The number of anilines is 2. The van der Waals surface area contributed by atoms with Crippen molar-refractivity contribution in [3.8, 4) is 5.75 Å². The predicted octanol–water partition coefficient (Wildman–Crippen LogP) is 4.53. The first-order valence-electron chi connectivity index (χ1n) is 15.3. The Morgan fingerprint density at radius 3 is 2.41 bits per heavy atom. The maximum Gasteiger partial charge on any atom is 0.573 e. The zero-order valence-electron chi connectivity index (χ0n) is 26.0. The topological polar surface area (TPSA) is 140 Å². The molecule has 0 spiro atoms. The van der Waals surface area contributed by atoms with Crippen LogP contribution in [-0.4, -0.2) is 77.4 Å². The molecule has 1 aliphatic carbocycles. The number of alkyl halides is 3. The van der Waals surface area contributed by atoms with Crippen molar-refractivity contribution in [2.45, 2.75) is 56.0 Å². The highest BCUT2D eigenvalue weighted by Gasteiger charge is 2.56. The van der Waals surface area contributed by atoms with Crippen LogP contribution >= 0.6 is 23.2 Å². The molecule has 2 atom stereocenters. The molecule has 2 fully saturated rings. The van der Waals surface area contributed by atoms with E-state index in [1.54, 1.807) is 18.9 Å². The molecule has 7 rings (SSSR count). The minimum atomic E-state index is -4.87. The number of rotatable bonds is 8. The number of nitrogens with one attached hydrogen (secondary N) is 1. The molecular weight excluding hydrogens is 690 g/mol. The second-order valence-corrected chi connectivity index (χ2v) is 13.5. The standard InChI is InChI=1S/C31H28Cl2F3N9O4/c1-29(14-17-3-5-22(6-4-17)49-31(34,35)36)26(47)44(21-12-19(32)11-20(33)13-21)28-37-15-23(45(28)29)25(46)38-30(8-9-30)27(48)43-10-7-18(16-43)24-39-41-42(2)40-24/h3-6,11-13,15,18H,7-10,14,16H2,1-2H3,(H,38,46)/t18-,29+/m0/s1. The average molecular weight is 719 g/mol. The number of ether oxygens (including phenoxy) is 1. The fourth-order valence-electron chi connectivity index (χ4n) is 6.56. The van der Waals surface area contributed by atoms with E-state index in [-0.39, 0.29) is 39.9 Å². The summed E-state index contributed by atoms with van der Waals surface area (Å²) in [6, 6.07) is 9.66. The van der Waals surface area contributed by atoms with Gasteiger partial charge in [0.25, 0.3) is 11.8 Å². The van der Waals surface area contributed by atoms with Gasteiger partial charge in [0, 0.05) is 35.5 Å². The Bertz CT molecular complexity index is 1960. The van der Waals surface area contributed by atoms with Crippen LogP contribution in [0.1, 0.15) is 54.0 Å². The summed E-state index contributed by atoms with van der Waals surface area (Å²) in [7, 11) is 1.67. The largest absolute Gasteiger partial charge is 0.573 e. The molecule has 3 amide bonds. The lowest BCUT2D eigenvalue weighted by Gasteiger charge is -2.28. The van der Waals surface area contributed by atoms with Gasteiger partial charge in [-0.1, -0.05) is 35.3 Å². The fraction of sp³-hybridized carbons (Fsp3) is 0.387. The van der Waals surface area contributed by atoms with Crippen LogP contribution in [0.5, 0.6) is 5.75 Å². The summed E-state index contributed by atoms with van der Waals surface area (Å²) >= 11 is 12.6. The number of fused-ring (bicyclic) bond motifs is 1. The summed E-state index contributed by atoms with van der Waals surface area (Å²) in [5.74, 6) is -1.17. The van der Waals surface area contributed by atoms with Crippen LogP contribution in [0.2, 0.25) is 10.0 Å². The first kappa shape index (κ1) is 32.8. The summed E-state index contributed by atoms with van der Waals surface area (Å²) in [5.41, 5.74) is -1.82. The van der Waals surface area contributed by atoms with Gasteiger partial charge in [0.15, 0.2) is 5.82 Å². The Kier molecular flexibility index (Phi) is 7.85. The number of hydrogen-bond donors (Lipinski definition) is 1. The maximum atomic E-state index is 14.3. The molecule has 0 unspecified atom stereocenters. The Morgan fingerprint density at radius 2 is 1.80 bits per heavy atom. The minimum absolute atomic E-state index is 0.0145. The lowest BCUT2D eigenvalue weighted by Crippen LogP contribution is -2.51. The van der Waals surface area contributed by atoms with E-state index < -0.39 is 35.0 Å². The molecule has 0 bridgehead atoms. The van der Waals surface area contributed by atoms with Crippen molar-refractivity contribution in [2.24, 2.45) is 7.05 Å². The Morgan fingerprint density at radius 1 is 1.10 bits per heavy atom. The van der Waals surface area contributed by atoms with Gasteiger partial charge < -0.3 is 15.0 Å². The van der Waals surface area contributed by atoms with Gasteiger partial charge in [-0.3, -0.25) is 19.0 Å². The number of carbonyl (C=O) groups is 3. The first-order valence-corrected chi connectivity index (χ1v) is 16.0. The number of benzene rings is 2. The molecule has 2 aromatic carbocycles. The van der Waals surface area contributed by atoms with Crippen LogP contribution in [0.25, 0.3) is 0 Å². The van der Waals surface area contributed by atoms with E-state index in [0.29, 0.717) is 49.4 Å². The molecular formula is C31H28Cl2F3N9O4. The van der Waals surface area contributed by atoms with Crippen molar-refractivity contribution >= 4 is 52.6 Å². The summed E-state index contributed by atoms with van der Waals surface area (Å²) in [4.78, 5) is 50.9. The van der Waals surface area contributed by atoms with Gasteiger partial charge in [-0.25, -0.2) is 9.88 Å². The monoisotopic (exact) mass is 717 g/mol. The van der Waals surface area contributed by atoms with Crippen LogP contribution < -0.4 is 15.0 Å². The third-order valence-electron chi connectivity index (χ3n) is 9.02. The number of imidazole rings is 1. The molecule has 2 aromatic heterocycles. The van der Waals surface area contributed by atoms with Crippen LogP contribution in [0.3, 0.4) is 0 Å². The molecule has 49 heavy (non-hydrogen) atoms. The van der Waals surface area contributed by atoms with Crippen LogP contribution in [0, 0.1) is 0 Å². The second-order valence-electron chi connectivity index (χ2n) is 12.6. The third kappa shape index (κ3) is 6.07. The molecule has 1 saturated carbocycles. The molecule has 0 radical (unpaired) electrons. The molecule has 4 heterocycles. The van der Waals surface area contributed by atoms with Gasteiger partial charge in [0.05, 0.1) is 18.9 Å². The zero-order chi connectivity index (χ0) is 34.9. The molecule has 4 aromatic rings. The molecule has 2 aliphatic heterocycles. The van der Waals surface area contributed by atoms with E-state index in [1.807, 2.05) is 0 Å². The van der Waals surface area contributed by atoms with E-state index in [2.05, 4.69) is 30.4 Å². The SMILES string of the molecule is Cn1nnc([C@H]2CCN(C(=O)C3(NC(=O)c4cnc5n4[C@](C)(Cc4ccc(OC(F)(F)F)cc4)C(=O)N5c4cc(Cl)cc(Cl)c4)CC3)C2)n1. The third-order valence-corrected chi connectivity index (χ3v) is 9.46. The van der Waals surface area contributed by atoms with E-state index in [0.717, 1.165) is 12.1 Å². The molecule has 13 nitrogen and oxygen atoms in total. The molecule has 3 aliphatic rings. The average Bonchev–Trinajstić information content (AvgIpc) is 3.39. The minimum Gasteiger partial charge on any atom is -0.406 e. The van der Waals surface area contributed by atoms with Crippen molar-refractivity contribution in [3.05, 3.63) is 75.8 Å². The summed E-state index contributed by atoms with van der Waals surface area (Å²) in [6.45, 7) is 2.46. The first-order chi connectivity index (χ1) is 23.2. The second kappa shape index (κ2) is 11.7. The van der Waals surface area contributed by atoms with Crippen molar-refractivity contribution in [1.82, 2.24) is 40.0 Å². The van der Waals surface area contributed by atoms with E-state index >= 15 is 0 Å². The van der Waals surface area contributed by atoms with Crippen molar-refractivity contribution < 1.29 is 32.3 Å². The van der Waals surface area contributed by atoms with Gasteiger partial charge in [-0.15, -0.1) is 23.4 Å². The summed E-state index contributed by atoms with van der Waals surface area (Å²) < 4.78 is 43.8. The summed E-state index contributed by atoms with van der Waals surface area (Å²) in [5, 5.41) is 15.7.